The molecule has 0 spiro atoms. The molecular formula is C14H23N5. The number of aromatic nitrogens is 4. The molecule has 2 aromatic heterocycles. The fourth-order valence-electron chi connectivity index (χ4n) is 1.98. The molecule has 0 aliphatic rings. The van der Waals surface area contributed by atoms with Gasteiger partial charge in [0.2, 0.25) is 0 Å². The van der Waals surface area contributed by atoms with E-state index in [1.54, 1.807) is 0 Å². The third kappa shape index (κ3) is 3.67. The first-order valence-electron chi connectivity index (χ1n) is 6.58. The van der Waals surface area contributed by atoms with Gasteiger partial charge in [0.1, 0.15) is 0 Å². The van der Waals surface area contributed by atoms with Crippen LogP contribution in [0.25, 0.3) is 0 Å². The molecule has 0 bridgehead atoms. The Morgan fingerprint density at radius 3 is 2.63 bits per heavy atom. The van der Waals surface area contributed by atoms with Crippen molar-refractivity contribution >= 4 is 0 Å². The van der Waals surface area contributed by atoms with Crippen molar-refractivity contribution in [3.8, 4) is 0 Å². The summed E-state index contributed by atoms with van der Waals surface area (Å²) in [5.74, 6) is 0. The van der Waals surface area contributed by atoms with E-state index in [0.717, 1.165) is 18.8 Å². The Morgan fingerprint density at radius 2 is 2.05 bits per heavy atom. The number of nitrogens with zero attached hydrogens (tertiary/aromatic N) is 4. The van der Waals surface area contributed by atoms with Gasteiger partial charge in [-0.25, -0.2) is 4.98 Å². The predicted molar refractivity (Wildman–Crippen MR) is 75.9 cm³/mol. The number of rotatable bonds is 4. The minimum Gasteiger partial charge on any atom is -0.329 e. The Morgan fingerprint density at radius 1 is 1.32 bits per heavy atom. The van der Waals surface area contributed by atoms with E-state index in [0.29, 0.717) is 0 Å². The second-order valence-electron chi connectivity index (χ2n) is 6.03. The Balaban J connectivity index is 2.09. The fourth-order valence-corrected chi connectivity index (χ4v) is 1.98. The summed E-state index contributed by atoms with van der Waals surface area (Å²) in [4.78, 5) is 4.25. The minimum atomic E-state index is 0.110. The van der Waals surface area contributed by atoms with E-state index < -0.39 is 0 Å². The molecule has 0 radical (unpaired) electrons. The summed E-state index contributed by atoms with van der Waals surface area (Å²) < 4.78 is 4.03. The first-order chi connectivity index (χ1) is 8.85. The van der Waals surface area contributed by atoms with Crippen LogP contribution in [0.1, 0.15) is 37.7 Å². The molecule has 104 valence electrons. The van der Waals surface area contributed by atoms with Crippen molar-refractivity contribution in [2.75, 3.05) is 0 Å². The highest BCUT2D eigenvalue weighted by atomic mass is 15.3. The van der Waals surface area contributed by atoms with Gasteiger partial charge in [-0.3, -0.25) is 4.68 Å². The molecule has 0 atom stereocenters. The van der Waals surface area contributed by atoms with E-state index in [1.165, 1.54) is 11.3 Å². The maximum atomic E-state index is 4.37. The Kier molecular flexibility index (Phi) is 3.75. The van der Waals surface area contributed by atoms with Crippen molar-refractivity contribution in [1.29, 1.82) is 0 Å². The third-order valence-corrected chi connectivity index (χ3v) is 3.05. The molecule has 5 nitrogen and oxygen atoms in total. The van der Waals surface area contributed by atoms with Gasteiger partial charge in [-0.15, -0.1) is 0 Å². The van der Waals surface area contributed by atoms with Crippen molar-refractivity contribution in [2.24, 2.45) is 7.05 Å². The van der Waals surface area contributed by atoms with Crippen molar-refractivity contribution < 1.29 is 0 Å². The SMILES string of the molecule is Cc1nn(C)cc1Cn1cncc1CNC(C)(C)C. The van der Waals surface area contributed by atoms with Crippen molar-refractivity contribution in [1.82, 2.24) is 24.6 Å². The van der Waals surface area contributed by atoms with Crippen LogP contribution in [0, 0.1) is 6.92 Å². The highest BCUT2D eigenvalue weighted by molar-refractivity contribution is 5.17. The van der Waals surface area contributed by atoms with Crippen LogP contribution >= 0.6 is 0 Å². The zero-order valence-electron chi connectivity index (χ0n) is 12.4. The monoisotopic (exact) mass is 261 g/mol. The number of hydrogen-bond donors (Lipinski definition) is 1. The molecule has 0 saturated heterocycles. The summed E-state index contributed by atoms with van der Waals surface area (Å²) in [7, 11) is 1.95. The van der Waals surface area contributed by atoms with Gasteiger partial charge in [0.15, 0.2) is 0 Å². The summed E-state index contributed by atoms with van der Waals surface area (Å²) in [5.41, 5.74) is 3.61. The van der Waals surface area contributed by atoms with Crippen molar-refractivity contribution in [3.63, 3.8) is 0 Å². The third-order valence-electron chi connectivity index (χ3n) is 3.05. The lowest BCUT2D eigenvalue weighted by Gasteiger charge is -2.20. The number of aryl methyl sites for hydroxylation is 2. The molecule has 5 heteroatoms. The second-order valence-corrected chi connectivity index (χ2v) is 6.03. The normalized spacial score (nSPS) is 12.1. The summed E-state index contributed by atoms with van der Waals surface area (Å²) in [5, 5.41) is 7.86. The molecule has 19 heavy (non-hydrogen) atoms. The zero-order valence-corrected chi connectivity index (χ0v) is 12.4. The van der Waals surface area contributed by atoms with E-state index in [4.69, 9.17) is 0 Å². The van der Waals surface area contributed by atoms with Crippen LogP contribution in [0.2, 0.25) is 0 Å². The summed E-state index contributed by atoms with van der Waals surface area (Å²) >= 11 is 0. The molecule has 1 N–H and O–H groups in total. The van der Waals surface area contributed by atoms with E-state index in [2.05, 4.69) is 46.9 Å². The molecule has 0 amide bonds. The lowest BCUT2D eigenvalue weighted by Crippen LogP contribution is -2.35. The first kappa shape index (κ1) is 13.8. The number of hydrogen-bond acceptors (Lipinski definition) is 3. The molecule has 2 aromatic rings. The molecule has 0 aliphatic heterocycles. The van der Waals surface area contributed by atoms with Gasteiger partial charge in [-0.1, -0.05) is 0 Å². The van der Waals surface area contributed by atoms with Gasteiger partial charge in [-0.2, -0.15) is 5.10 Å². The van der Waals surface area contributed by atoms with Crippen LogP contribution in [0.3, 0.4) is 0 Å². The smallest absolute Gasteiger partial charge is 0.0951 e. The van der Waals surface area contributed by atoms with Crippen LogP contribution in [0.15, 0.2) is 18.7 Å². The van der Waals surface area contributed by atoms with Crippen LogP contribution < -0.4 is 5.32 Å². The average Bonchev–Trinajstić information content (AvgIpc) is 2.83. The highest BCUT2D eigenvalue weighted by Crippen LogP contribution is 2.10. The molecule has 0 saturated carbocycles. The van der Waals surface area contributed by atoms with Gasteiger partial charge in [0.25, 0.3) is 0 Å². The van der Waals surface area contributed by atoms with Gasteiger partial charge >= 0.3 is 0 Å². The molecule has 0 aliphatic carbocycles. The van der Waals surface area contributed by atoms with Crippen LogP contribution in [-0.4, -0.2) is 24.9 Å². The molecule has 0 fully saturated rings. The highest BCUT2D eigenvalue weighted by Gasteiger charge is 2.11. The van der Waals surface area contributed by atoms with E-state index in [9.17, 15) is 0 Å². The van der Waals surface area contributed by atoms with Crippen LogP contribution in [0.5, 0.6) is 0 Å². The first-order valence-corrected chi connectivity index (χ1v) is 6.58. The van der Waals surface area contributed by atoms with Gasteiger partial charge in [-0.05, 0) is 27.7 Å². The lowest BCUT2D eigenvalue weighted by atomic mass is 10.1. The summed E-state index contributed by atoms with van der Waals surface area (Å²) in [6.45, 7) is 10.2. The minimum absolute atomic E-state index is 0.110. The molecule has 0 unspecified atom stereocenters. The van der Waals surface area contributed by atoms with Gasteiger partial charge in [0.05, 0.1) is 24.3 Å². The molecule has 2 heterocycles. The Labute approximate surface area is 114 Å². The molecular weight excluding hydrogens is 238 g/mol. The quantitative estimate of drug-likeness (QED) is 0.914. The Hall–Kier alpha value is -1.62. The topological polar surface area (TPSA) is 47.7 Å². The zero-order chi connectivity index (χ0) is 14.0. The van der Waals surface area contributed by atoms with Gasteiger partial charge in [0, 0.05) is 37.1 Å². The molecule has 0 aromatic carbocycles. The number of nitrogens with one attached hydrogen (secondary N) is 1. The maximum Gasteiger partial charge on any atom is 0.0951 e. The van der Waals surface area contributed by atoms with E-state index in [-0.39, 0.29) is 5.54 Å². The average molecular weight is 261 g/mol. The fraction of sp³-hybridized carbons (Fsp3) is 0.571. The summed E-state index contributed by atoms with van der Waals surface area (Å²) in [6.07, 6.45) is 5.87. The lowest BCUT2D eigenvalue weighted by molar-refractivity contribution is 0.417. The van der Waals surface area contributed by atoms with Crippen molar-refractivity contribution in [2.45, 2.75) is 46.3 Å². The second kappa shape index (κ2) is 5.17. The van der Waals surface area contributed by atoms with Crippen LogP contribution in [0.4, 0.5) is 0 Å². The Bertz CT molecular complexity index is 544. The van der Waals surface area contributed by atoms with Crippen LogP contribution in [-0.2, 0) is 20.1 Å². The standard InChI is InChI=1S/C14H23N5/c1-11-12(8-18(5)17-11)9-19-10-15-6-13(19)7-16-14(2,3)4/h6,8,10,16H,7,9H2,1-5H3. The maximum absolute atomic E-state index is 4.37. The predicted octanol–water partition coefficient (Wildman–Crippen LogP) is 1.86. The summed E-state index contributed by atoms with van der Waals surface area (Å²) in [6, 6.07) is 0. The van der Waals surface area contributed by atoms with Crippen molar-refractivity contribution in [3.05, 3.63) is 35.7 Å². The molecule has 2 rings (SSSR count). The largest absolute Gasteiger partial charge is 0.329 e. The number of imidazole rings is 1. The van der Waals surface area contributed by atoms with E-state index >= 15 is 0 Å². The van der Waals surface area contributed by atoms with E-state index in [1.807, 2.05) is 31.2 Å². The van der Waals surface area contributed by atoms with Gasteiger partial charge < -0.3 is 9.88 Å².